The number of rotatable bonds is 3. The second kappa shape index (κ2) is 6.81. The van der Waals surface area contributed by atoms with Crippen LogP contribution in [0.15, 0.2) is 18.3 Å². The van der Waals surface area contributed by atoms with E-state index in [0.29, 0.717) is 54.6 Å². The number of nitrogens with zero attached hydrogens (tertiary/aromatic N) is 3. The minimum absolute atomic E-state index is 0.0791. The molecule has 3 rings (SSSR count). The number of piperidine rings is 1. The van der Waals surface area contributed by atoms with Crippen LogP contribution in [0.1, 0.15) is 35.9 Å². The summed E-state index contributed by atoms with van der Waals surface area (Å²) in [5, 5.41) is 0.551. The molecule has 0 N–H and O–H groups in total. The second-order valence-electron chi connectivity index (χ2n) is 5.94. The van der Waals surface area contributed by atoms with Crippen LogP contribution in [0.25, 0.3) is 5.65 Å². The van der Waals surface area contributed by atoms with Crippen molar-refractivity contribution in [3.05, 3.63) is 34.7 Å². The van der Waals surface area contributed by atoms with Gasteiger partial charge in [-0.3, -0.25) is 14.0 Å². The van der Waals surface area contributed by atoms with E-state index in [1.165, 1.54) is 0 Å². The molecule has 1 saturated heterocycles. The molecule has 128 valence electrons. The van der Waals surface area contributed by atoms with Crippen molar-refractivity contribution in [2.24, 2.45) is 5.92 Å². The van der Waals surface area contributed by atoms with E-state index in [9.17, 15) is 9.59 Å². The van der Waals surface area contributed by atoms with Gasteiger partial charge >= 0.3 is 5.97 Å². The molecular formula is C17H20ClN3O3. The molecule has 0 radical (unpaired) electrons. The topological polar surface area (TPSA) is 63.9 Å². The first-order valence-electron chi connectivity index (χ1n) is 8.11. The Labute approximate surface area is 145 Å². The van der Waals surface area contributed by atoms with Gasteiger partial charge in [0.15, 0.2) is 0 Å². The molecule has 6 nitrogen and oxygen atoms in total. The molecule has 24 heavy (non-hydrogen) atoms. The minimum atomic E-state index is -0.164. The molecule has 0 bridgehead atoms. The van der Waals surface area contributed by atoms with E-state index in [-0.39, 0.29) is 17.8 Å². The smallest absolute Gasteiger partial charge is 0.309 e. The molecule has 1 aliphatic rings. The first-order valence-corrected chi connectivity index (χ1v) is 8.49. The number of ether oxygens (including phenoxy) is 1. The number of aromatic nitrogens is 2. The fraction of sp³-hybridized carbons (Fsp3) is 0.471. The van der Waals surface area contributed by atoms with Crippen molar-refractivity contribution in [1.82, 2.24) is 14.3 Å². The van der Waals surface area contributed by atoms with Gasteiger partial charge < -0.3 is 9.64 Å². The Morgan fingerprint density at radius 2 is 2.04 bits per heavy atom. The molecule has 1 fully saturated rings. The highest BCUT2D eigenvalue weighted by molar-refractivity contribution is 6.30. The zero-order chi connectivity index (χ0) is 17.3. The standard InChI is InChI=1S/C17H20ClN3O3/c1-3-24-17(23)12-6-8-20(9-7-12)16(22)15-11(2)19-14-5-4-13(18)10-21(14)15/h4-5,10,12H,3,6-9H2,1-2H3. The van der Waals surface area contributed by atoms with Crippen molar-refractivity contribution in [3.63, 3.8) is 0 Å². The fourth-order valence-corrected chi connectivity index (χ4v) is 3.28. The summed E-state index contributed by atoms with van der Waals surface area (Å²) in [6, 6.07) is 3.54. The van der Waals surface area contributed by atoms with Crippen LogP contribution < -0.4 is 0 Å². The van der Waals surface area contributed by atoms with Crippen LogP contribution in [-0.4, -0.2) is 45.9 Å². The number of carbonyl (C=O) groups is 2. The first kappa shape index (κ1) is 16.8. The monoisotopic (exact) mass is 349 g/mol. The van der Waals surface area contributed by atoms with E-state index in [0.717, 1.165) is 0 Å². The Morgan fingerprint density at radius 3 is 2.71 bits per heavy atom. The zero-order valence-electron chi connectivity index (χ0n) is 13.8. The van der Waals surface area contributed by atoms with Gasteiger partial charge in [0.2, 0.25) is 0 Å². The summed E-state index contributed by atoms with van der Waals surface area (Å²) in [4.78, 5) is 30.9. The molecule has 2 aromatic heterocycles. The molecule has 1 aliphatic heterocycles. The fourth-order valence-electron chi connectivity index (χ4n) is 3.12. The SMILES string of the molecule is CCOC(=O)C1CCN(C(=O)c2c(C)nc3ccc(Cl)cn23)CC1. The molecule has 1 amide bonds. The quantitative estimate of drug-likeness (QED) is 0.799. The maximum atomic E-state index is 12.9. The molecule has 7 heteroatoms. The predicted octanol–water partition coefficient (Wildman–Crippen LogP) is 2.71. The summed E-state index contributed by atoms with van der Waals surface area (Å²) in [5.41, 5.74) is 1.90. The van der Waals surface area contributed by atoms with Crippen LogP contribution in [0, 0.1) is 12.8 Å². The van der Waals surface area contributed by atoms with Gasteiger partial charge in [0.1, 0.15) is 11.3 Å². The zero-order valence-corrected chi connectivity index (χ0v) is 14.5. The first-order chi connectivity index (χ1) is 11.5. The molecule has 0 aromatic carbocycles. The lowest BCUT2D eigenvalue weighted by Crippen LogP contribution is -2.41. The van der Waals surface area contributed by atoms with Crippen molar-refractivity contribution in [1.29, 1.82) is 0 Å². The maximum absolute atomic E-state index is 12.9. The Kier molecular flexibility index (Phi) is 4.76. The number of aryl methyl sites for hydroxylation is 1. The number of esters is 1. The summed E-state index contributed by atoms with van der Waals surface area (Å²) >= 11 is 6.05. The highest BCUT2D eigenvalue weighted by atomic mass is 35.5. The molecule has 2 aromatic rings. The van der Waals surface area contributed by atoms with Gasteiger partial charge in [-0.05, 0) is 38.8 Å². The summed E-state index contributed by atoms with van der Waals surface area (Å²) in [7, 11) is 0. The number of hydrogen-bond donors (Lipinski definition) is 0. The molecule has 0 saturated carbocycles. The van der Waals surface area contributed by atoms with Crippen LogP contribution in [0.3, 0.4) is 0 Å². The van der Waals surface area contributed by atoms with Crippen molar-refractivity contribution in [3.8, 4) is 0 Å². The van der Waals surface area contributed by atoms with Crippen molar-refractivity contribution < 1.29 is 14.3 Å². The lowest BCUT2D eigenvalue weighted by Gasteiger charge is -2.30. The number of pyridine rings is 1. The molecule has 3 heterocycles. The summed E-state index contributed by atoms with van der Waals surface area (Å²) < 4.78 is 6.80. The number of amides is 1. The molecule has 0 unspecified atom stereocenters. The Hall–Kier alpha value is -2.08. The lowest BCUT2D eigenvalue weighted by molar-refractivity contribution is -0.149. The van der Waals surface area contributed by atoms with E-state index in [2.05, 4.69) is 4.98 Å². The van der Waals surface area contributed by atoms with E-state index in [4.69, 9.17) is 16.3 Å². The van der Waals surface area contributed by atoms with Gasteiger partial charge in [-0.15, -0.1) is 0 Å². The number of fused-ring (bicyclic) bond motifs is 1. The highest BCUT2D eigenvalue weighted by Gasteiger charge is 2.30. The highest BCUT2D eigenvalue weighted by Crippen LogP contribution is 2.23. The molecule has 0 atom stereocenters. The van der Waals surface area contributed by atoms with Gasteiger partial charge in [0.25, 0.3) is 5.91 Å². The Bertz CT molecular complexity index is 779. The molecule has 0 spiro atoms. The number of imidazole rings is 1. The average Bonchev–Trinajstić information content (AvgIpc) is 2.89. The Morgan fingerprint density at radius 1 is 1.33 bits per heavy atom. The normalized spacial score (nSPS) is 15.7. The number of halogens is 1. The van der Waals surface area contributed by atoms with Gasteiger partial charge in [-0.2, -0.15) is 0 Å². The van der Waals surface area contributed by atoms with Gasteiger partial charge in [-0.1, -0.05) is 11.6 Å². The summed E-state index contributed by atoms with van der Waals surface area (Å²) in [5.74, 6) is -0.362. The van der Waals surface area contributed by atoms with Crippen LogP contribution >= 0.6 is 11.6 Å². The van der Waals surface area contributed by atoms with Crippen molar-refractivity contribution >= 4 is 29.1 Å². The van der Waals surface area contributed by atoms with E-state index in [1.807, 2.05) is 6.92 Å². The van der Waals surface area contributed by atoms with Crippen LogP contribution in [0.4, 0.5) is 0 Å². The molecular weight excluding hydrogens is 330 g/mol. The molecule has 0 aliphatic carbocycles. The van der Waals surface area contributed by atoms with Crippen molar-refractivity contribution in [2.45, 2.75) is 26.7 Å². The van der Waals surface area contributed by atoms with E-state index >= 15 is 0 Å². The summed E-state index contributed by atoms with van der Waals surface area (Å²) in [6.07, 6.45) is 2.96. The third-order valence-corrected chi connectivity index (χ3v) is 4.58. The second-order valence-corrected chi connectivity index (χ2v) is 6.38. The van der Waals surface area contributed by atoms with E-state index in [1.54, 1.807) is 34.6 Å². The van der Waals surface area contributed by atoms with Gasteiger partial charge in [0, 0.05) is 19.3 Å². The van der Waals surface area contributed by atoms with Crippen molar-refractivity contribution in [2.75, 3.05) is 19.7 Å². The minimum Gasteiger partial charge on any atom is -0.466 e. The van der Waals surface area contributed by atoms with Gasteiger partial charge in [0.05, 0.1) is 23.2 Å². The largest absolute Gasteiger partial charge is 0.466 e. The van der Waals surface area contributed by atoms with Gasteiger partial charge in [-0.25, -0.2) is 4.98 Å². The number of hydrogen-bond acceptors (Lipinski definition) is 4. The number of likely N-dealkylation sites (tertiary alicyclic amines) is 1. The third kappa shape index (κ3) is 3.11. The Balaban J connectivity index is 1.78. The predicted molar refractivity (Wildman–Crippen MR) is 90.2 cm³/mol. The number of carbonyl (C=O) groups excluding carboxylic acids is 2. The van der Waals surface area contributed by atoms with Crippen LogP contribution in [-0.2, 0) is 9.53 Å². The van der Waals surface area contributed by atoms with Crippen LogP contribution in [0.5, 0.6) is 0 Å². The van der Waals surface area contributed by atoms with Crippen LogP contribution in [0.2, 0.25) is 5.02 Å². The average molecular weight is 350 g/mol. The summed E-state index contributed by atoms with van der Waals surface area (Å²) in [6.45, 7) is 5.08. The maximum Gasteiger partial charge on any atom is 0.309 e. The third-order valence-electron chi connectivity index (χ3n) is 4.36. The van der Waals surface area contributed by atoms with E-state index < -0.39 is 0 Å². The lowest BCUT2D eigenvalue weighted by atomic mass is 9.97.